The van der Waals surface area contributed by atoms with Crippen LogP contribution in [-0.4, -0.2) is 47.0 Å². The minimum Gasteiger partial charge on any atom is -0.481 e. The third kappa shape index (κ3) is 3.27. The first-order valence-corrected chi connectivity index (χ1v) is 6.32. The summed E-state index contributed by atoms with van der Waals surface area (Å²) in [5.41, 5.74) is 0.941. The van der Waals surface area contributed by atoms with Gasteiger partial charge >= 0.3 is 12.0 Å². The Hall–Kier alpha value is -1.98. The molecule has 1 saturated heterocycles. The molecule has 0 saturated carbocycles. The molecule has 0 bridgehead atoms. The van der Waals surface area contributed by atoms with E-state index in [0.29, 0.717) is 32.5 Å². The van der Waals surface area contributed by atoms with Crippen molar-refractivity contribution >= 4 is 12.0 Å². The Labute approximate surface area is 111 Å². The number of furan rings is 1. The van der Waals surface area contributed by atoms with E-state index in [9.17, 15) is 9.59 Å². The van der Waals surface area contributed by atoms with Crippen LogP contribution in [0.2, 0.25) is 0 Å². The molecular formula is C13H18N2O4. The van der Waals surface area contributed by atoms with Gasteiger partial charge in [0.15, 0.2) is 0 Å². The highest BCUT2D eigenvalue weighted by molar-refractivity contribution is 5.75. The van der Waals surface area contributed by atoms with E-state index >= 15 is 0 Å². The fourth-order valence-corrected chi connectivity index (χ4v) is 2.28. The van der Waals surface area contributed by atoms with Gasteiger partial charge in [-0.25, -0.2) is 4.79 Å². The maximum Gasteiger partial charge on any atom is 0.320 e. The summed E-state index contributed by atoms with van der Waals surface area (Å²) >= 11 is 0. The first-order valence-electron chi connectivity index (χ1n) is 6.32. The van der Waals surface area contributed by atoms with E-state index in [1.807, 2.05) is 6.07 Å². The summed E-state index contributed by atoms with van der Waals surface area (Å²) < 4.78 is 4.96. The van der Waals surface area contributed by atoms with Crippen LogP contribution in [-0.2, 0) is 11.3 Å². The SMILES string of the molecule is CN(Cc1ccoc1)C(=O)N1CCC(C(=O)O)CC1. The van der Waals surface area contributed by atoms with E-state index < -0.39 is 5.97 Å². The number of piperidine rings is 1. The second kappa shape index (κ2) is 5.77. The lowest BCUT2D eigenvalue weighted by molar-refractivity contribution is -0.143. The van der Waals surface area contributed by atoms with Crippen molar-refractivity contribution in [3.05, 3.63) is 24.2 Å². The van der Waals surface area contributed by atoms with Crippen molar-refractivity contribution in [3.8, 4) is 0 Å². The average Bonchev–Trinajstić information content (AvgIpc) is 2.90. The fraction of sp³-hybridized carbons (Fsp3) is 0.538. The Morgan fingerprint density at radius 2 is 2.16 bits per heavy atom. The van der Waals surface area contributed by atoms with Crippen LogP contribution in [0.5, 0.6) is 0 Å². The number of carbonyl (C=O) groups excluding carboxylic acids is 1. The van der Waals surface area contributed by atoms with Crippen LogP contribution in [0.3, 0.4) is 0 Å². The third-order valence-electron chi connectivity index (χ3n) is 3.44. The molecule has 2 heterocycles. The van der Waals surface area contributed by atoms with Crippen LogP contribution in [0, 0.1) is 5.92 Å². The zero-order valence-corrected chi connectivity index (χ0v) is 10.9. The summed E-state index contributed by atoms with van der Waals surface area (Å²) in [7, 11) is 1.73. The normalized spacial score (nSPS) is 16.4. The van der Waals surface area contributed by atoms with Crippen LogP contribution in [0.4, 0.5) is 4.79 Å². The lowest BCUT2D eigenvalue weighted by atomic mass is 9.97. The number of rotatable bonds is 3. The number of carboxylic acid groups (broad SMARTS) is 1. The van der Waals surface area contributed by atoms with Crippen LogP contribution in [0.15, 0.2) is 23.0 Å². The number of carbonyl (C=O) groups is 2. The number of aliphatic carboxylic acids is 1. The molecule has 1 aliphatic rings. The van der Waals surface area contributed by atoms with Gasteiger partial charge in [0.25, 0.3) is 0 Å². The van der Waals surface area contributed by atoms with Crippen LogP contribution in [0.1, 0.15) is 18.4 Å². The number of hydrogen-bond donors (Lipinski definition) is 1. The lowest BCUT2D eigenvalue weighted by Crippen LogP contribution is -2.45. The summed E-state index contributed by atoms with van der Waals surface area (Å²) in [4.78, 5) is 26.4. The number of nitrogens with zero attached hydrogens (tertiary/aromatic N) is 2. The molecule has 1 aliphatic heterocycles. The predicted molar refractivity (Wildman–Crippen MR) is 67.5 cm³/mol. The monoisotopic (exact) mass is 266 g/mol. The van der Waals surface area contributed by atoms with E-state index in [-0.39, 0.29) is 11.9 Å². The Balaban J connectivity index is 1.85. The van der Waals surface area contributed by atoms with Crippen LogP contribution >= 0.6 is 0 Å². The molecule has 2 amide bonds. The third-order valence-corrected chi connectivity index (χ3v) is 3.44. The lowest BCUT2D eigenvalue weighted by Gasteiger charge is -2.33. The van der Waals surface area contributed by atoms with Gasteiger partial charge in [0, 0.05) is 25.7 Å². The van der Waals surface area contributed by atoms with Gasteiger partial charge in [-0.2, -0.15) is 0 Å². The molecular weight excluding hydrogens is 248 g/mol. The average molecular weight is 266 g/mol. The van der Waals surface area contributed by atoms with Gasteiger partial charge in [-0.05, 0) is 18.9 Å². The minimum atomic E-state index is -0.765. The van der Waals surface area contributed by atoms with Gasteiger partial charge in [0.1, 0.15) is 0 Å². The second-order valence-corrected chi connectivity index (χ2v) is 4.87. The highest BCUT2D eigenvalue weighted by atomic mass is 16.4. The van der Waals surface area contributed by atoms with E-state index in [1.165, 1.54) is 0 Å². The highest BCUT2D eigenvalue weighted by Gasteiger charge is 2.28. The molecule has 6 nitrogen and oxygen atoms in total. The quantitative estimate of drug-likeness (QED) is 0.902. The van der Waals surface area contributed by atoms with Gasteiger partial charge in [-0.1, -0.05) is 0 Å². The molecule has 0 aliphatic carbocycles. The highest BCUT2D eigenvalue weighted by Crippen LogP contribution is 2.18. The Kier molecular flexibility index (Phi) is 4.09. The van der Waals surface area contributed by atoms with Crippen LogP contribution < -0.4 is 0 Å². The summed E-state index contributed by atoms with van der Waals surface area (Å²) in [6.45, 7) is 1.51. The minimum absolute atomic E-state index is 0.0648. The molecule has 0 atom stereocenters. The topological polar surface area (TPSA) is 74.0 Å². The van der Waals surface area contributed by atoms with Gasteiger partial charge in [-0.15, -0.1) is 0 Å². The maximum atomic E-state index is 12.2. The van der Waals surface area contributed by atoms with E-state index in [2.05, 4.69) is 0 Å². The number of amides is 2. The Bertz CT molecular complexity index is 436. The smallest absolute Gasteiger partial charge is 0.320 e. The van der Waals surface area contributed by atoms with Crippen molar-refractivity contribution < 1.29 is 19.1 Å². The van der Waals surface area contributed by atoms with Gasteiger partial charge in [0.2, 0.25) is 0 Å². The first-order chi connectivity index (χ1) is 9.08. The zero-order chi connectivity index (χ0) is 13.8. The molecule has 2 rings (SSSR count). The van der Waals surface area contributed by atoms with E-state index in [0.717, 1.165) is 5.56 Å². The molecule has 19 heavy (non-hydrogen) atoms. The molecule has 0 radical (unpaired) electrons. The molecule has 0 spiro atoms. The summed E-state index contributed by atoms with van der Waals surface area (Å²) in [6.07, 6.45) is 4.24. The summed E-state index contributed by atoms with van der Waals surface area (Å²) in [5, 5.41) is 8.92. The van der Waals surface area contributed by atoms with E-state index in [1.54, 1.807) is 29.4 Å². The van der Waals surface area contributed by atoms with Crippen molar-refractivity contribution in [2.24, 2.45) is 5.92 Å². The maximum absolute atomic E-state index is 12.2. The van der Waals surface area contributed by atoms with Crippen molar-refractivity contribution in [2.45, 2.75) is 19.4 Å². The number of carboxylic acids is 1. The van der Waals surface area contributed by atoms with Crippen molar-refractivity contribution in [2.75, 3.05) is 20.1 Å². The van der Waals surface area contributed by atoms with Gasteiger partial charge in [0.05, 0.1) is 25.0 Å². The molecule has 6 heteroatoms. The molecule has 1 aromatic rings. The zero-order valence-electron chi connectivity index (χ0n) is 10.9. The molecule has 1 fully saturated rings. The van der Waals surface area contributed by atoms with Crippen molar-refractivity contribution in [1.29, 1.82) is 0 Å². The van der Waals surface area contributed by atoms with Crippen LogP contribution in [0.25, 0.3) is 0 Å². The molecule has 1 aromatic heterocycles. The number of urea groups is 1. The van der Waals surface area contributed by atoms with Crippen molar-refractivity contribution in [1.82, 2.24) is 9.80 Å². The largest absolute Gasteiger partial charge is 0.481 e. The molecule has 0 aromatic carbocycles. The first kappa shape index (κ1) is 13.5. The standard InChI is InChI=1S/C13H18N2O4/c1-14(8-10-4-7-19-9-10)13(18)15-5-2-11(3-6-15)12(16)17/h4,7,9,11H,2-3,5-6,8H2,1H3,(H,16,17). The predicted octanol–water partition coefficient (Wildman–Crippen LogP) is 1.63. The molecule has 104 valence electrons. The Morgan fingerprint density at radius 3 is 2.68 bits per heavy atom. The number of likely N-dealkylation sites (tertiary alicyclic amines) is 1. The summed E-state index contributed by atoms with van der Waals surface area (Å²) in [5.74, 6) is -1.08. The fourth-order valence-electron chi connectivity index (χ4n) is 2.28. The molecule has 1 N–H and O–H groups in total. The van der Waals surface area contributed by atoms with Gasteiger partial charge < -0.3 is 19.3 Å². The second-order valence-electron chi connectivity index (χ2n) is 4.87. The van der Waals surface area contributed by atoms with Crippen molar-refractivity contribution in [3.63, 3.8) is 0 Å². The number of hydrogen-bond acceptors (Lipinski definition) is 3. The summed E-state index contributed by atoms with van der Waals surface area (Å²) in [6, 6.07) is 1.76. The van der Waals surface area contributed by atoms with Gasteiger partial charge in [-0.3, -0.25) is 4.79 Å². The Morgan fingerprint density at radius 1 is 1.47 bits per heavy atom. The van der Waals surface area contributed by atoms with E-state index in [4.69, 9.17) is 9.52 Å². The molecule has 0 unspecified atom stereocenters.